The maximum atomic E-state index is 11.9. The Morgan fingerprint density at radius 1 is 1.25 bits per heavy atom. The van der Waals surface area contributed by atoms with Crippen LogP contribution in [-0.2, 0) is 11.3 Å². The molecule has 1 heterocycles. The normalized spacial score (nSPS) is 16.7. The highest BCUT2D eigenvalue weighted by Gasteiger charge is 2.27. The van der Waals surface area contributed by atoms with Gasteiger partial charge in [-0.05, 0) is 44.4 Å². The Bertz CT molecular complexity index is 700. The Balaban J connectivity index is 1.79. The third-order valence-corrected chi connectivity index (χ3v) is 5.82. The van der Waals surface area contributed by atoms with Gasteiger partial charge in [0.1, 0.15) is 0 Å². The zero-order valence-electron chi connectivity index (χ0n) is 17.1. The highest BCUT2D eigenvalue weighted by Crippen LogP contribution is 2.24. The second-order valence-electron chi connectivity index (χ2n) is 7.83. The number of aliphatic imine (C=N–C) groups is 1. The first-order chi connectivity index (χ1) is 13.2. The summed E-state index contributed by atoms with van der Waals surface area (Å²) >= 11 is 12.1. The van der Waals surface area contributed by atoms with Crippen molar-refractivity contribution in [2.24, 2.45) is 10.4 Å². The van der Waals surface area contributed by atoms with Gasteiger partial charge in [0.05, 0.1) is 15.5 Å². The van der Waals surface area contributed by atoms with Crippen LogP contribution in [0.2, 0.25) is 10.0 Å². The molecular weight excluding hydrogens is 397 g/mol. The molecule has 2 rings (SSSR count). The molecule has 0 bridgehead atoms. The van der Waals surface area contributed by atoms with Crippen molar-refractivity contribution in [3.63, 3.8) is 0 Å². The van der Waals surface area contributed by atoms with Gasteiger partial charge in [-0.2, -0.15) is 0 Å². The standard InChI is InChI=1S/C20H31Cl2N5O/c1-20(2,18(28)23-3)13-25-19(24-4)26-15-7-9-27(10-8-15)12-14-5-6-16(21)17(22)11-14/h5-6,11,15H,7-10,12-13H2,1-4H3,(H,23,28)(H2,24,25,26). The number of benzene rings is 1. The van der Waals surface area contributed by atoms with E-state index >= 15 is 0 Å². The molecule has 0 spiro atoms. The summed E-state index contributed by atoms with van der Waals surface area (Å²) in [5.41, 5.74) is 0.671. The number of likely N-dealkylation sites (tertiary alicyclic amines) is 1. The summed E-state index contributed by atoms with van der Waals surface area (Å²) < 4.78 is 0. The molecule has 1 fully saturated rings. The molecule has 0 saturated carbocycles. The Morgan fingerprint density at radius 2 is 1.93 bits per heavy atom. The molecule has 1 aromatic rings. The summed E-state index contributed by atoms with van der Waals surface area (Å²) in [7, 11) is 3.41. The van der Waals surface area contributed by atoms with Gasteiger partial charge in [0.2, 0.25) is 5.91 Å². The number of nitrogens with zero attached hydrogens (tertiary/aromatic N) is 2. The monoisotopic (exact) mass is 427 g/mol. The first kappa shape index (κ1) is 22.8. The number of guanidine groups is 1. The third kappa shape index (κ3) is 6.54. The number of carbonyl (C=O) groups is 1. The Kier molecular flexibility index (Phi) is 8.40. The van der Waals surface area contributed by atoms with Crippen molar-refractivity contribution in [1.29, 1.82) is 0 Å². The second-order valence-corrected chi connectivity index (χ2v) is 8.65. The lowest BCUT2D eigenvalue weighted by atomic mass is 9.92. The molecule has 28 heavy (non-hydrogen) atoms. The summed E-state index contributed by atoms with van der Waals surface area (Å²) in [4.78, 5) is 18.6. The Morgan fingerprint density at radius 3 is 2.50 bits per heavy atom. The maximum absolute atomic E-state index is 11.9. The summed E-state index contributed by atoms with van der Waals surface area (Å²) in [6.45, 7) is 7.21. The van der Waals surface area contributed by atoms with Gasteiger partial charge in [-0.1, -0.05) is 29.3 Å². The predicted molar refractivity (Wildman–Crippen MR) is 117 cm³/mol. The predicted octanol–water partition coefficient (Wildman–Crippen LogP) is 2.90. The van der Waals surface area contributed by atoms with Crippen molar-refractivity contribution < 1.29 is 4.79 Å². The number of nitrogens with one attached hydrogen (secondary N) is 3. The molecule has 0 aliphatic carbocycles. The largest absolute Gasteiger partial charge is 0.359 e. The minimum atomic E-state index is -0.504. The number of carbonyl (C=O) groups excluding carboxylic acids is 1. The van der Waals surface area contributed by atoms with Gasteiger partial charge < -0.3 is 16.0 Å². The molecule has 1 aliphatic rings. The molecule has 8 heteroatoms. The summed E-state index contributed by atoms with van der Waals surface area (Å²) in [6.07, 6.45) is 2.06. The van der Waals surface area contributed by atoms with E-state index in [1.165, 1.54) is 5.56 Å². The van der Waals surface area contributed by atoms with Gasteiger partial charge >= 0.3 is 0 Å². The number of hydrogen-bond donors (Lipinski definition) is 3. The molecule has 0 unspecified atom stereocenters. The van der Waals surface area contributed by atoms with Crippen LogP contribution in [0.5, 0.6) is 0 Å². The quantitative estimate of drug-likeness (QED) is 0.482. The molecule has 0 atom stereocenters. The minimum absolute atomic E-state index is 0.00561. The first-order valence-corrected chi connectivity index (χ1v) is 10.4. The van der Waals surface area contributed by atoms with Crippen molar-refractivity contribution in [1.82, 2.24) is 20.9 Å². The van der Waals surface area contributed by atoms with Crippen molar-refractivity contribution in [3.8, 4) is 0 Å². The van der Waals surface area contributed by atoms with Gasteiger partial charge in [-0.15, -0.1) is 0 Å². The highest BCUT2D eigenvalue weighted by molar-refractivity contribution is 6.42. The molecule has 1 saturated heterocycles. The fraction of sp³-hybridized carbons (Fsp3) is 0.600. The lowest BCUT2D eigenvalue weighted by Crippen LogP contribution is -2.51. The molecule has 6 nitrogen and oxygen atoms in total. The topological polar surface area (TPSA) is 68.8 Å². The average Bonchev–Trinajstić information content (AvgIpc) is 2.68. The maximum Gasteiger partial charge on any atom is 0.227 e. The SMILES string of the molecule is CN=C(NCC(C)(C)C(=O)NC)NC1CCN(Cc2ccc(Cl)c(Cl)c2)CC1. The van der Waals surface area contributed by atoms with E-state index in [2.05, 4.69) is 25.8 Å². The molecule has 0 aromatic heterocycles. The Labute approximate surface area is 178 Å². The minimum Gasteiger partial charge on any atom is -0.359 e. The van der Waals surface area contributed by atoms with Crippen molar-refractivity contribution in [2.75, 3.05) is 33.7 Å². The fourth-order valence-corrected chi connectivity index (χ4v) is 3.56. The molecule has 3 N–H and O–H groups in total. The molecular formula is C20H31Cl2N5O. The number of halogens is 2. The molecule has 156 valence electrons. The van der Waals surface area contributed by atoms with Gasteiger partial charge in [-0.25, -0.2) is 0 Å². The van der Waals surface area contributed by atoms with Crippen molar-refractivity contribution in [3.05, 3.63) is 33.8 Å². The average molecular weight is 428 g/mol. The van der Waals surface area contributed by atoms with E-state index < -0.39 is 5.41 Å². The van der Waals surface area contributed by atoms with Crippen LogP contribution in [0.3, 0.4) is 0 Å². The van der Waals surface area contributed by atoms with Gasteiger partial charge in [0.25, 0.3) is 0 Å². The van der Waals surface area contributed by atoms with Crippen LogP contribution in [0, 0.1) is 5.41 Å². The molecule has 1 amide bonds. The summed E-state index contributed by atoms with van der Waals surface area (Å²) in [5.74, 6) is 0.742. The lowest BCUT2D eigenvalue weighted by Gasteiger charge is -2.33. The first-order valence-electron chi connectivity index (χ1n) is 9.61. The van der Waals surface area contributed by atoms with E-state index in [9.17, 15) is 4.79 Å². The van der Waals surface area contributed by atoms with Crippen LogP contribution in [0.4, 0.5) is 0 Å². The highest BCUT2D eigenvalue weighted by atomic mass is 35.5. The van der Waals surface area contributed by atoms with Crippen LogP contribution in [-0.4, -0.2) is 56.5 Å². The van der Waals surface area contributed by atoms with E-state index in [1.807, 2.05) is 32.0 Å². The van der Waals surface area contributed by atoms with Crippen molar-refractivity contribution in [2.45, 2.75) is 39.3 Å². The molecule has 1 aromatic carbocycles. The van der Waals surface area contributed by atoms with E-state index in [0.29, 0.717) is 22.6 Å². The van der Waals surface area contributed by atoms with Crippen LogP contribution in [0.25, 0.3) is 0 Å². The summed E-state index contributed by atoms with van der Waals surface area (Å²) in [5, 5.41) is 10.6. The zero-order valence-corrected chi connectivity index (χ0v) is 18.6. The van der Waals surface area contributed by atoms with Crippen molar-refractivity contribution >= 4 is 35.1 Å². The van der Waals surface area contributed by atoms with E-state index in [-0.39, 0.29) is 5.91 Å². The van der Waals surface area contributed by atoms with Gasteiger partial charge in [0.15, 0.2) is 5.96 Å². The number of piperidine rings is 1. The summed E-state index contributed by atoms with van der Waals surface area (Å²) in [6, 6.07) is 6.18. The smallest absolute Gasteiger partial charge is 0.227 e. The fourth-order valence-electron chi connectivity index (χ4n) is 3.24. The lowest BCUT2D eigenvalue weighted by molar-refractivity contribution is -0.128. The van der Waals surface area contributed by atoms with Crippen LogP contribution in [0.15, 0.2) is 23.2 Å². The molecule has 0 radical (unpaired) electrons. The van der Waals surface area contributed by atoms with E-state index in [4.69, 9.17) is 23.2 Å². The van der Waals surface area contributed by atoms with Crippen LogP contribution < -0.4 is 16.0 Å². The third-order valence-electron chi connectivity index (χ3n) is 5.08. The van der Waals surface area contributed by atoms with Gasteiger partial charge in [-0.3, -0.25) is 14.7 Å². The van der Waals surface area contributed by atoms with E-state index in [1.54, 1.807) is 14.1 Å². The van der Waals surface area contributed by atoms with Gasteiger partial charge in [0, 0.05) is 46.3 Å². The molecule has 1 aliphatic heterocycles. The zero-order chi connectivity index (χ0) is 20.7. The number of hydrogen-bond acceptors (Lipinski definition) is 3. The van der Waals surface area contributed by atoms with E-state index in [0.717, 1.165) is 38.4 Å². The number of amides is 1. The number of rotatable bonds is 6. The van der Waals surface area contributed by atoms with Crippen LogP contribution >= 0.6 is 23.2 Å². The second kappa shape index (κ2) is 10.3. The Hall–Kier alpha value is -1.50. The van der Waals surface area contributed by atoms with Crippen LogP contribution in [0.1, 0.15) is 32.3 Å².